The van der Waals surface area contributed by atoms with Crippen LogP contribution >= 0.6 is 11.3 Å². The second-order valence-electron chi connectivity index (χ2n) is 6.00. The molecule has 0 saturated heterocycles. The lowest BCUT2D eigenvalue weighted by Gasteiger charge is -2.09. The first-order valence-corrected chi connectivity index (χ1v) is 10.8. The second kappa shape index (κ2) is 8.21. The molecule has 0 spiro atoms. The van der Waals surface area contributed by atoms with Crippen LogP contribution in [0.25, 0.3) is 10.6 Å². The van der Waals surface area contributed by atoms with Crippen LogP contribution in [0, 0.1) is 13.8 Å². The molecule has 0 bridgehead atoms. The Morgan fingerprint density at radius 1 is 1.21 bits per heavy atom. The zero-order valence-corrected chi connectivity index (χ0v) is 17.3. The van der Waals surface area contributed by atoms with Gasteiger partial charge in [0.25, 0.3) is 5.56 Å². The van der Waals surface area contributed by atoms with Gasteiger partial charge in [-0.05, 0) is 32.0 Å². The third kappa shape index (κ3) is 4.46. The quantitative estimate of drug-likeness (QED) is 0.627. The molecule has 0 amide bonds. The Kier molecular flexibility index (Phi) is 5.92. The molecule has 3 rings (SSSR count). The number of rotatable bonds is 7. The van der Waals surface area contributed by atoms with Crippen molar-refractivity contribution < 1.29 is 13.2 Å². The standard InChI is InChI=1S/C18H20N4O4S2/c1-12-18(27-13(2)20-12)16-7-8-17(23)22(21-16)10-9-19-28(24,25)15-6-4-5-14(11-15)26-3/h4-8,11,19H,9-10H2,1-3H3. The molecule has 8 nitrogen and oxygen atoms in total. The van der Waals surface area contributed by atoms with Crippen molar-refractivity contribution in [2.24, 2.45) is 0 Å². The van der Waals surface area contributed by atoms with Crippen molar-refractivity contribution in [2.45, 2.75) is 25.3 Å². The number of ether oxygens (including phenoxy) is 1. The lowest BCUT2D eigenvalue weighted by molar-refractivity contribution is 0.413. The Balaban J connectivity index is 1.75. The van der Waals surface area contributed by atoms with E-state index in [1.807, 2.05) is 13.8 Å². The Hall–Kier alpha value is -2.56. The maximum atomic E-state index is 12.4. The van der Waals surface area contributed by atoms with E-state index < -0.39 is 10.0 Å². The average molecular weight is 421 g/mol. The van der Waals surface area contributed by atoms with E-state index in [-0.39, 0.29) is 23.5 Å². The molecule has 1 N–H and O–H groups in total. The van der Waals surface area contributed by atoms with Crippen LogP contribution < -0.4 is 15.0 Å². The summed E-state index contributed by atoms with van der Waals surface area (Å²) in [4.78, 5) is 17.5. The summed E-state index contributed by atoms with van der Waals surface area (Å²) in [5, 5.41) is 5.27. The molecule has 0 saturated carbocycles. The summed E-state index contributed by atoms with van der Waals surface area (Å²) in [6.45, 7) is 3.92. The molecule has 0 aliphatic heterocycles. The van der Waals surface area contributed by atoms with E-state index in [0.717, 1.165) is 15.6 Å². The number of hydrogen-bond donors (Lipinski definition) is 1. The SMILES string of the molecule is COc1cccc(S(=O)(=O)NCCn2nc(-c3sc(C)nc3C)ccc2=O)c1. The molecule has 0 unspecified atom stereocenters. The summed E-state index contributed by atoms with van der Waals surface area (Å²) < 4.78 is 33.6. The highest BCUT2D eigenvalue weighted by Crippen LogP contribution is 2.27. The number of nitrogens with zero attached hydrogens (tertiary/aromatic N) is 3. The first kappa shape index (κ1) is 20.2. The van der Waals surface area contributed by atoms with Gasteiger partial charge in [0.05, 0.1) is 34.1 Å². The van der Waals surface area contributed by atoms with Gasteiger partial charge in [0, 0.05) is 18.7 Å². The van der Waals surface area contributed by atoms with Crippen LogP contribution in [0.3, 0.4) is 0 Å². The van der Waals surface area contributed by atoms with Crippen molar-refractivity contribution in [1.29, 1.82) is 0 Å². The summed E-state index contributed by atoms with van der Waals surface area (Å²) in [5.41, 5.74) is 1.18. The Morgan fingerprint density at radius 2 is 2.00 bits per heavy atom. The van der Waals surface area contributed by atoms with Gasteiger partial charge in [0.15, 0.2) is 0 Å². The highest BCUT2D eigenvalue weighted by atomic mass is 32.2. The van der Waals surface area contributed by atoms with Crippen molar-refractivity contribution in [3.63, 3.8) is 0 Å². The molecule has 0 fully saturated rings. The van der Waals surface area contributed by atoms with Gasteiger partial charge in [-0.25, -0.2) is 22.8 Å². The fraction of sp³-hybridized carbons (Fsp3) is 0.278. The summed E-state index contributed by atoms with van der Waals surface area (Å²) in [6.07, 6.45) is 0. The molecular formula is C18H20N4O4S2. The number of methoxy groups -OCH3 is 1. The minimum absolute atomic E-state index is 0.0244. The lowest BCUT2D eigenvalue weighted by atomic mass is 10.3. The average Bonchev–Trinajstić information content (AvgIpc) is 3.01. The van der Waals surface area contributed by atoms with Crippen LogP contribution in [-0.2, 0) is 16.6 Å². The molecule has 148 valence electrons. The molecule has 0 radical (unpaired) electrons. The molecule has 2 aromatic heterocycles. The van der Waals surface area contributed by atoms with Gasteiger partial charge in [-0.2, -0.15) is 5.10 Å². The number of sulfonamides is 1. The van der Waals surface area contributed by atoms with E-state index in [0.29, 0.717) is 11.4 Å². The van der Waals surface area contributed by atoms with Gasteiger partial charge in [-0.15, -0.1) is 11.3 Å². The van der Waals surface area contributed by atoms with Gasteiger partial charge < -0.3 is 4.74 Å². The fourth-order valence-corrected chi connectivity index (χ4v) is 4.58. The molecule has 1 aromatic carbocycles. The normalized spacial score (nSPS) is 11.5. The maximum Gasteiger partial charge on any atom is 0.266 e. The van der Waals surface area contributed by atoms with Gasteiger partial charge in [-0.1, -0.05) is 6.07 Å². The zero-order chi connectivity index (χ0) is 20.3. The van der Waals surface area contributed by atoms with Crippen LogP contribution in [-0.4, -0.2) is 36.8 Å². The second-order valence-corrected chi connectivity index (χ2v) is 8.97. The smallest absolute Gasteiger partial charge is 0.266 e. The molecular weight excluding hydrogens is 400 g/mol. The van der Waals surface area contributed by atoms with E-state index in [4.69, 9.17) is 4.74 Å². The van der Waals surface area contributed by atoms with Crippen molar-refractivity contribution in [3.8, 4) is 16.3 Å². The largest absolute Gasteiger partial charge is 0.497 e. The van der Waals surface area contributed by atoms with E-state index in [2.05, 4.69) is 14.8 Å². The van der Waals surface area contributed by atoms with E-state index >= 15 is 0 Å². The minimum Gasteiger partial charge on any atom is -0.497 e. The van der Waals surface area contributed by atoms with Crippen molar-refractivity contribution in [2.75, 3.05) is 13.7 Å². The minimum atomic E-state index is -3.72. The molecule has 0 aliphatic rings. The Morgan fingerprint density at radius 3 is 2.68 bits per heavy atom. The molecule has 2 heterocycles. The molecule has 10 heteroatoms. The maximum absolute atomic E-state index is 12.4. The Labute approximate surface area is 166 Å². The summed E-state index contributed by atoms with van der Waals surface area (Å²) in [7, 11) is -2.25. The zero-order valence-electron chi connectivity index (χ0n) is 15.7. The predicted molar refractivity (Wildman–Crippen MR) is 107 cm³/mol. The highest BCUT2D eigenvalue weighted by Gasteiger charge is 2.15. The lowest BCUT2D eigenvalue weighted by Crippen LogP contribution is -2.32. The summed E-state index contributed by atoms with van der Waals surface area (Å²) in [6, 6.07) is 9.25. The third-order valence-electron chi connectivity index (χ3n) is 3.97. The number of hydrogen-bond acceptors (Lipinski definition) is 7. The number of aryl methyl sites for hydroxylation is 2. The number of thiazole rings is 1. The summed E-state index contributed by atoms with van der Waals surface area (Å²) >= 11 is 1.50. The highest BCUT2D eigenvalue weighted by molar-refractivity contribution is 7.89. The van der Waals surface area contributed by atoms with Crippen LogP contribution in [0.1, 0.15) is 10.7 Å². The molecule has 0 atom stereocenters. The van der Waals surface area contributed by atoms with Crippen LogP contribution in [0.5, 0.6) is 5.75 Å². The topological polar surface area (TPSA) is 103 Å². The number of aromatic nitrogens is 3. The van der Waals surface area contributed by atoms with Gasteiger partial charge in [0.2, 0.25) is 10.0 Å². The molecule has 0 aliphatic carbocycles. The number of benzene rings is 1. The van der Waals surface area contributed by atoms with Gasteiger partial charge in [-0.3, -0.25) is 4.79 Å². The van der Waals surface area contributed by atoms with E-state index in [1.54, 1.807) is 18.2 Å². The van der Waals surface area contributed by atoms with Gasteiger partial charge in [0.1, 0.15) is 11.4 Å². The molecule has 28 heavy (non-hydrogen) atoms. The van der Waals surface area contributed by atoms with Crippen LogP contribution in [0.2, 0.25) is 0 Å². The Bertz CT molecular complexity index is 1150. The van der Waals surface area contributed by atoms with Crippen LogP contribution in [0.4, 0.5) is 0 Å². The summed E-state index contributed by atoms with van der Waals surface area (Å²) in [5.74, 6) is 0.448. The monoisotopic (exact) mass is 420 g/mol. The third-order valence-corrected chi connectivity index (χ3v) is 6.52. The van der Waals surface area contributed by atoms with E-state index in [9.17, 15) is 13.2 Å². The van der Waals surface area contributed by atoms with Crippen LogP contribution in [0.15, 0.2) is 46.1 Å². The first-order valence-electron chi connectivity index (χ1n) is 8.46. The molecule has 3 aromatic rings. The number of nitrogens with one attached hydrogen (secondary N) is 1. The fourth-order valence-electron chi connectivity index (χ4n) is 2.64. The predicted octanol–water partition coefficient (Wildman–Crippen LogP) is 1.97. The van der Waals surface area contributed by atoms with Crippen molar-refractivity contribution in [1.82, 2.24) is 19.5 Å². The van der Waals surface area contributed by atoms with E-state index in [1.165, 1.54) is 41.3 Å². The van der Waals surface area contributed by atoms with Crippen molar-refractivity contribution in [3.05, 3.63) is 57.5 Å². The van der Waals surface area contributed by atoms with Crippen molar-refractivity contribution >= 4 is 21.4 Å². The van der Waals surface area contributed by atoms with Gasteiger partial charge >= 0.3 is 0 Å². The first-order chi connectivity index (χ1) is 13.3.